The van der Waals surface area contributed by atoms with E-state index in [-0.39, 0.29) is 0 Å². The molecule has 0 unspecified atom stereocenters. The highest BCUT2D eigenvalue weighted by atomic mass is 35.5. The van der Waals surface area contributed by atoms with Crippen LogP contribution in [0.25, 0.3) is 0 Å². The fraction of sp³-hybridized carbons (Fsp3) is 0.294. The first kappa shape index (κ1) is 16.3. The van der Waals surface area contributed by atoms with Crippen molar-refractivity contribution in [3.8, 4) is 0 Å². The molecule has 116 valence electrons. The summed E-state index contributed by atoms with van der Waals surface area (Å²) in [6.07, 6.45) is 0. The highest BCUT2D eigenvalue weighted by Crippen LogP contribution is 2.15. The first-order valence-corrected chi connectivity index (χ1v) is 7.75. The number of benzene rings is 1. The molecule has 22 heavy (non-hydrogen) atoms. The Kier molecular flexibility index (Phi) is 6.22. The molecule has 1 aromatic carbocycles. The summed E-state index contributed by atoms with van der Waals surface area (Å²) in [5, 5.41) is 7.25. The Morgan fingerprint density at radius 2 is 1.95 bits per heavy atom. The second kappa shape index (κ2) is 8.39. The molecule has 0 aliphatic rings. The SMILES string of the molecule is CCNC(=NCc1ccccc1Cl)NCc1cccc(C)n1. The van der Waals surface area contributed by atoms with Crippen LogP contribution in [0.4, 0.5) is 0 Å². The summed E-state index contributed by atoms with van der Waals surface area (Å²) in [4.78, 5) is 9.04. The van der Waals surface area contributed by atoms with Crippen LogP contribution in [0.15, 0.2) is 47.5 Å². The molecule has 0 aliphatic heterocycles. The van der Waals surface area contributed by atoms with E-state index in [1.165, 1.54) is 0 Å². The molecule has 0 saturated carbocycles. The summed E-state index contributed by atoms with van der Waals surface area (Å²) < 4.78 is 0. The molecule has 0 radical (unpaired) electrons. The first-order chi connectivity index (χ1) is 10.7. The lowest BCUT2D eigenvalue weighted by Gasteiger charge is -2.11. The summed E-state index contributed by atoms with van der Waals surface area (Å²) in [5.41, 5.74) is 3.01. The van der Waals surface area contributed by atoms with Gasteiger partial charge < -0.3 is 10.6 Å². The van der Waals surface area contributed by atoms with Gasteiger partial charge in [-0.3, -0.25) is 4.98 Å². The second-order valence-corrected chi connectivity index (χ2v) is 5.32. The normalized spacial score (nSPS) is 11.3. The fourth-order valence-electron chi connectivity index (χ4n) is 2.00. The molecule has 2 aromatic rings. The third-order valence-electron chi connectivity index (χ3n) is 3.09. The van der Waals surface area contributed by atoms with Gasteiger partial charge in [-0.1, -0.05) is 35.9 Å². The van der Waals surface area contributed by atoms with Crippen molar-refractivity contribution in [2.45, 2.75) is 26.9 Å². The number of nitrogens with one attached hydrogen (secondary N) is 2. The zero-order chi connectivity index (χ0) is 15.8. The van der Waals surface area contributed by atoms with Crippen LogP contribution in [0.2, 0.25) is 5.02 Å². The summed E-state index contributed by atoms with van der Waals surface area (Å²) >= 11 is 6.16. The number of aliphatic imine (C=N–C) groups is 1. The third kappa shape index (κ3) is 5.04. The van der Waals surface area contributed by atoms with Gasteiger partial charge in [0.2, 0.25) is 0 Å². The molecule has 2 rings (SSSR count). The number of rotatable bonds is 5. The molecule has 0 atom stereocenters. The summed E-state index contributed by atoms with van der Waals surface area (Å²) in [7, 11) is 0. The Morgan fingerprint density at radius 3 is 2.68 bits per heavy atom. The number of halogens is 1. The molecule has 2 N–H and O–H groups in total. The molecule has 5 heteroatoms. The zero-order valence-corrected chi connectivity index (χ0v) is 13.7. The van der Waals surface area contributed by atoms with E-state index in [1.54, 1.807) is 0 Å². The third-order valence-corrected chi connectivity index (χ3v) is 3.46. The minimum Gasteiger partial charge on any atom is -0.357 e. The number of aryl methyl sites for hydroxylation is 1. The van der Waals surface area contributed by atoms with Gasteiger partial charge in [0.05, 0.1) is 18.8 Å². The van der Waals surface area contributed by atoms with Gasteiger partial charge in [-0.2, -0.15) is 0 Å². The van der Waals surface area contributed by atoms with Gasteiger partial charge in [-0.25, -0.2) is 4.99 Å². The van der Waals surface area contributed by atoms with Crippen LogP contribution in [0.1, 0.15) is 23.9 Å². The van der Waals surface area contributed by atoms with Crippen LogP contribution in [0.5, 0.6) is 0 Å². The number of pyridine rings is 1. The lowest BCUT2D eigenvalue weighted by Crippen LogP contribution is -2.37. The van der Waals surface area contributed by atoms with E-state index in [0.717, 1.165) is 34.5 Å². The number of nitrogens with zero attached hydrogens (tertiary/aromatic N) is 2. The van der Waals surface area contributed by atoms with Crippen LogP contribution in [-0.2, 0) is 13.1 Å². The van der Waals surface area contributed by atoms with Gasteiger partial charge in [0.25, 0.3) is 0 Å². The number of guanidine groups is 1. The molecule has 0 amide bonds. The highest BCUT2D eigenvalue weighted by molar-refractivity contribution is 6.31. The van der Waals surface area contributed by atoms with Crippen molar-refractivity contribution < 1.29 is 0 Å². The lowest BCUT2D eigenvalue weighted by molar-refractivity contribution is 0.796. The molecule has 4 nitrogen and oxygen atoms in total. The standard InChI is InChI=1S/C17H21ClN4/c1-3-19-17(20-11-14-8-4-5-10-16(14)18)21-12-15-9-6-7-13(2)22-15/h4-10H,3,11-12H2,1-2H3,(H2,19,20,21). The van der Waals surface area contributed by atoms with Crippen molar-refractivity contribution in [3.63, 3.8) is 0 Å². The van der Waals surface area contributed by atoms with E-state index in [1.807, 2.05) is 56.3 Å². The average Bonchev–Trinajstić information content (AvgIpc) is 2.51. The van der Waals surface area contributed by atoms with Crippen molar-refractivity contribution in [2.24, 2.45) is 4.99 Å². The quantitative estimate of drug-likeness (QED) is 0.657. The molecule has 0 bridgehead atoms. The van der Waals surface area contributed by atoms with Crippen molar-refractivity contribution >= 4 is 17.6 Å². The van der Waals surface area contributed by atoms with Crippen LogP contribution in [-0.4, -0.2) is 17.5 Å². The molecule has 1 aromatic heterocycles. The van der Waals surface area contributed by atoms with Gasteiger partial charge >= 0.3 is 0 Å². The van der Waals surface area contributed by atoms with Gasteiger partial charge in [-0.05, 0) is 37.6 Å². The minimum atomic E-state index is 0.538. The Balaban J connectivity index is 2.00. The van der Waals surface area contributed by atoms with E-state index < -0.39 is 0 Å². The summed E-state index contributed by atoms with van der Waals surface area (Å²) in [6, 6.07) is 13.7. The Morgan fingerprint density at radius 1 is 1.14 bits per heavy atom. The van der Waals surface area contributed by atoms with Gasteiger partial charge in [0, 0.05) is 17.3 Å². The van der Waals surface area contributed by atoms with E-state index in [9.17, 15) is 0 Å². The molecule has 0 spiro atoms. The monoisotopic (exact) mass is 316 g/mol. The maximum Gasteiger partial charge on any atom is 0.191 e. The lowest BCUT2D eigenvalue weighted by atomic mass is 10.2. The summed E-state index contributed by atoms with van der Waals surface area (Å²) in [5.74, 6) is 0.755. The van der Waals surface area contributed by atoms with Crippen LogP contribution >= 0.6 is 11.6 Å². The molecular formula is C17H21ClN4. The molecule has 0 aliphatic carbocycles. The van der Waals surface area contributed by atoms with Gasteiger partial charge in [-0.15, -0.1) is 0 Å². The number of aromatic nitrogens is 1. The second-order valence-electron chi connectivity index (χ2n) is 4.91. The Labute approximate surface area is 136 Å². The van der Waals surface area contributed by atoms with E-state index in [0.29, 0.717) is 13.1 Å². The summed E-state index contributed by atoms with van der Waals surface area (Å²) in [6.45, 7) is 6.00. The Bertz CT molecular complexity index is 640. The minimum absolute atomic E-state index is 0.538. The highest BCUT2D eigenvalue weighted by Gasteiger charge is 2.01. The van der Waals surface area contributed by atoms with Crippen molar-refractivity contribution in [2.75, 3.05) is 6.54 Å². The molecule has 0 saturated heterocycles. The van der Waals surface area contributed by atoms with Crippen LogP contribution in [0.3, 0.4) is 0 Å². The van der Waals surface area contributed by atoms with Gasteiger partial charge in [0.15, 0.2) is 5.96 Å². The van der Waals surface area contributed by atoms with Crippen LogP contribution in [0, 0.1) is 6.92 Å². The van der Waals surface area contributed by atoms with E-state index >= 15 is 0 Å². The largest absolute Gasteiger partial charge is 0.357 e. The van der Waals surface area contributed by atoms with Crippen molar-refractivity contribution in [1.29, 1.82) is 0 Å². The average molecular weight is 317 g/mol. The first-order valence-electron chi connectivity index (χ1n) is 7.37. The van der Waals surface area contributed by atoms with Gasteiger partial charge in [0.1, 0.15) is 0 Å². The predicted molar refractivity (Wildman–Crippen MR) is 92.1 cm³/mol. The number of hydrogen-bond acceptors (Lipinski definition) is 2. The zero-order valence-electron chi connectivity index (χ0n) is 12.9. The van der Waals surface area contributed by atoms with E-state index in [2.05, 4.69) is 20.6 Å². The molecule has 0 fully saturated rings. The molecule has 1 heterocycles. The van der Waals surface area contributed by atoms with E-state index in [4.69, 9.17) is 11.6 Å². The number of hydrogen-bond donors (Lipinski definition) is 2. The van der Waals surface area contributed by atoms with Crippen LogP contribution < -0.4 is 10.6 Å². The maximum absolute atomic E-state index is 6.16. The Hall–Kier alpha value is -2.07. The topological polar surface area (TPSA) is 49.3 Å². The smallest absolute Gasteiger partial charge is 0.191 e. The van der Waals surface area contributed by atoms with Crippen molar-refractivity contribution in [3.05, 3.63) is 64.4 Å². The predicted octanol–water partition coefficient (Wildman–Crippen LogP) is 3.30. The fourth-order valence-corrected chi connectivity index (χ4v) is 2.20. The maximum atomic E-state index is 6.16. The van der Waals surface area contributed by atoms with Crippen molar-refractivity contribution in [1.82, 2.24) is 15.6 Å². The molecular weight excluding hydrogens is 296 g/mol.